The Labute approximate surface area is 153 Å². The molecular weight excluding hydrogens is 336 g/mol. The highest BCUT2D eigenvalue weighted by molar-refractivity contribution is 5.98. The first kappa shape index (κ1) is 19.8. The van der Waals surface area contributed by atoms with Crippen LogP contribution < -0.4 is 4.74 Å². The first-order valence-electron chi connectivity index (χ1n) is 8.66. The van der Waals surface area contributed by atoms with Gasteiger partial charge in [0.15, 0.2) is 0 Å². The van der Waals surface area contributed by atoms with Crippen LogP contribution >= 0.6 is 0 Å². The molecule has 1 saturated heterocycles. The number of aryl methyl sites for hydroxylation is 2. The van der Waals surface area contributed by atoms with Gasteiger partial charge in [0, 0.05) is 32.6 Å². The van der Waals surface area contributed by atoms with Crippen LogP contribution in [0.5, 0.6) is 5.75 Å². The van der Waals surface area contributed by atoms with Crippen molar-refractivity contribution in [3.05, 3.63) is 28.8 Å². The van der Waals surface area contributed by atoms with Gasteiger partial charge in [0.05, 0.1) is 26.2 Å². The minimum atomic E-state index is -0.394. The number of amides is 2. The van der Waals surface area contributed by atoms with Crippen molar-refractivity contribution in [1.82, 2.24) is 9.80 Å². The van der Waals surface area contributed by atoms with E-state index in [1.165, 1.54) is 7.11 Å². The number of ether oxygens (including phenoxy) is 2. The van der Waals surface area contributed by atoms with Crippen molar-refractivity contribution in [2.75, 3.05) is 40.4 Å². The van der Waals surface area contributed by atoms with Gasteiger partial charge in [-0.25, -0.2) is 0 Å². The lowest BCUT2D eigenvalue weighted by Crippen LogP contribution is -2.50. The van der Waals surface area contributed by atoms with Crippen LogP contribution in [0.1, 0.15) is 34.3 Å². The average Bonchev–Trinajstić information content (AvgIpc) is 2.64. The number of benzene rings is 1. The molecule has 0 aromatic heterocycles. The van der Waals surface area contributed by atoms with Gasteiger partial charge in [-0.3, -0.25) is 14.4 Å². The lowest BCUT2D eigenvalue weighted by molar-refractivity contribution is -0.143. The zero-order valence-electron chi connectivity index (χ0n) is 15.8. The first-order valence-corrected chi connectivity index (χ1v) is 8.66. The second-order valence-electron chi connectivity index (χ2n) is 6.41. The molecule has 142 valence electrons. The second kappa shape index (κ2) is 8.69. The predicted octanol–water partition coefficient (Wildman–Crippen LogP) is 1.55. The third-order valence-corrected chi connectivity index (χ3v) is 4.57. The third kappa shape index (κ3) is 4.53. The van der Waals surface area contributed by atoms with Crippen molar-refractivity contribution in [2.45, 2.75) is 26.7 Å². The standard InChI is InChI=1S/C19H26N2O5/c1-13-11-14(2)18(15(12-13)25-3)19(24)21-9-7-20(8-10-21)16(22)5-6-17(23)26-4/h11-12H,5-10H2,1-4H3. The Balaban J connectivity index is 1.99. The molecule has 2 amide bonds. The maximum atomic E-state index is 12.9. The summed E-state index contributed by atoms with van der Waals surface area (Å²) >= 11 is 0. The van der Waals surface area contributed by atoms with Gasteiger partial charge < -0.3 is 19.3 Å². The molecule has 26 heavy (non-hydrogen) atoms. The summed E-state index contributed by atoms with van der Waals surface area (Å²) in [5.41, 5.74) is 2.49. The summed E-state index contributed by atoms with van der Waals surface area (Å²) in [5, 5.41) is 0. The van der Waals surface area contributed by atoms with Gasteiger partial charge in [0.25, 0.3) is 5.91 Å². The maximum absolute atomic E-state index is 12.9. The zero-order chi connectivity index (χ0) is 19.3. The number of piperazine rings is 1. The van der Waals surface area contributed by atoms with Gasteiger partial charge in [0.2, 0.25) is 5.91 Å². The lowest BCUT2D eigenvalue weighted by Gasteiger charge is -2.35. The molecule has 7 heteroatoms. The van der Waals surface area contributed by atoms with Gasteiger partial charge in [-0.1, -0.05) is 6.07 Å². The summed E-state index contributed by atoms with van der Waals surface area (Å²) in [6, 6.07) is 3.81. The Morgan fingerprint density at radius 1 is 0.962 bits per heavy atom. The molecule has 1 aliphatic rings. The lowest BCUT2D eigenvalue weighted by atomic mass is 10.0. The molecule has 1 aromatic rings. The number of carbonyl (C=O) groups is 3. The second-order valence-corrected chi connectivity index (χ2v) is 6.41. The van der Waals surface area contributed by atoms with Crippen LogP contribution in [0.2, 0.25) is 0 Å². The summed E-state index contributed by atoms with van der Waals surface area (Å²) in [6.45, 7) is 5.69. The molecule has 0 saturated carbocycles. The Morgan fingerprint density at radius 3 is 2.15 bits per heavy atom. The van der Waals surface area contributed by atoms with Gasteiger partial charge in [-0.2, -0.15) is 0 Å². The van der Waals surface area contributed by atoms with Crippen LogP contribution in [-0.2, 0) is 14.3 Å². The van der Waals surface area contributed by atoms with Crippen LogP contribution in [0.15, 0.2) is 12.1 Å². The van der Waals surface area contributed by atoms with E-state index >= 15 is 0 Å². The van der Waals surface area contributed by atoms with Crippen LogP contribution in [0.25, 0.3) is 0 Å². The summed E-state index contributed by atoms with van der Waals surface area (Å²) in [5.74, 6) is 0.00537. The molecule has 1 aliphatic heterocycles. The fraction of sp³-hybridized carbons (Fsp3) is 0.526. The van der Waals surface area contributed by atoms with E-state index in [1.54, 1.807) is 16.9 Å². The van der Waals surface area contributed by atoms with Crippen molar-refractivity contribution in [3.63, 3.8) is 0 Å². The molecule has 2 rings (SSSR count). The van der Waals surface area contributed by atoms with E-state index in [0.29, 0.717) is 37.5 Å². The number of rotatable bonds is 5. The minimum Gasteiger partial charge on any atom is -0.496 e. The largest absolute Gasteiger partial charge is 0.496 e. The highest BCUT2D eigenvalue weighted by Crippen LogP contribution is 2.26. The number of hydrogen-bond acceptors (Lipinski definition) is 5. The van der Waals surface area contributed by atoms with E-state index < -0.39 is 5.97 Å². The van der Waals surface area contributed by atoms with Gasteiger partial charge in [-0.05, 0) is 31.0 Å². The highest BCUT2D eigenvalue weighted by Gasteiger charge is 2.27. The van der Waals surface area contributed by atoms with Crippen molar-refractivity contribution >= 4 is 17.8 Å². The molecule has 1 fully saturated rings. The van der Waals surface area contributed by atoms with Crippen LogP contribution in [0, 0.1) is 13.8 Å². The molecule has 1 aromatic carbocycles. The van der Waals surface area contributed by atoms with E-state index in [9.17, 15) is 14.4 Å². The average molecular weight is 362 g/mol. The SMILES string of the molecule is COC(=O)CCC(=O)N1CCN(C(=O)c2c(C)cc(C)cc2OC)CC1. The smallest absolute Gasteiger partial charge is 0.306 e. The van der Waals surface area contributed by atoms with Gasteiger partial charge in [0.1, 0.15) is 5.75 Å². The quantitative estimate of drug-likeness (QED) is 0.743. The van der Waals surface area contributed by atoms with E-state index in [4.69, 9.17) is 4.74 Å². The predicted molar refractivity (Wildman–Crippen MR) is 96.2 cm³/mol. The van der Waals surface area contributed by atoms with Gasteiger partial charge >= 0.3 is 5.97 Å². The number of carbonyl (C=O) groups excluding carboxylic acids is 3. The van der Waals surface area contributed by atoms with Crippen molar-refractivity contribution < 1.29 is 23.9 Å². The monoisotopic (exact) mass is 362 g/mol. The molecule has 0 N–H and O–H groups in total. The molecule has 0 radical (unpaired) electrons. The molecule has 0 bridgehead atoms. The van der Waals surface area contributed by atoms with Crippen LogP contribution in [0.3, 0.4) is 0 Å². The van der Waals surface area contributed by atoms with E-state index in [0.717, 1.165) is 11.1 Å². The summed E-state index contributed by atoms with van der Waals surface area (Å²) in [4.78, 5) is 39.7. The van der Waals surface area contributed by atoms with Crippen molar-refractivity contribution in [1.29, 1.82) is 0 Å². The Morgan fingerprint density at radius 2 is 1.58 bits per heavy atom. The highest BCUT2D eigenvalue weighted by atomic mass is 16.5. The topological polar surface area (TPSA) is 76.2 Å². The molecule has 0 atom stereocenters. The van der Waals surface area contributed by atoms with Crippen LogP contribution in [-0.4, -0.2) is 68.0 Å². The number of methoxy groups -OCH3 is 2. The maximum Gasteiger partial charge on any atom is 0.306 e. The summed E-state index contributed by atoms with van der Waals surface area (Å²) in [7, 11) is 2.86. The van der Waals surface area contributed by atoms with Gasteiger partial charge in [-0.15, -0.1) is 0 Å². The van der Waals surface area contributed by atoms with Crippen molar-refractivity contribution in [3.8, 4) is 5.75 Å². The number of nitrogens with zero attached hydrogens (tertiary/aromatic N) is 2. The Bertz CT molecular complexity index is 693. The van der Waals surface area contributed by atoms with E-state index in [1.807, 2.05) is 26.0 Å². The summed E-state index contributed by atoms with van der Waals surface area (Å²) < 4.78 is 9.94. The fourth-order valence-corrected chi connectivity index (χ4v) is 3.15. The van der Waals surface area contributed by atoms with Crippen molar-refractivity contribution in [2.24, 2.45) is 0 Å². The third-order valence-electron chi connectivity index (χ3n) is 4.57. The Hall–Kier alpha value is -2.57. The zero-order valence-corrected chi connectivity index (χ0v) is 15.8. The van der Waals surface area contributed by atoms with E-state index in [-0.39, 0.29) is 24.7 Å². The Kier molecular flexibility index (Phi) is 6.60. The molecule has 0 unspecified atom stereocenters. The number of esters is 1. The molecule has 0 spiro atoms. The molecular formula is C19H26N2O5. The normalized spacial score (nSPS) is 14.2. The minimum absolute atomic E-state index is 0.0776. The number of hydrogen-bond donors (Lipinski definition) is 0. The first-order chi connectivity index (χ1) is 12.4. The molecule has 0 aliphatic carbocycles. The van der Waals surface area contributed by atoms with Crippen LogP contribution in [0.4, 0.5) is 0 Å². The molecule has 1 heterocycles. The molecule has 7 nitrogen and oxygen atoms in total. The fourth-order valence-electron chi connectivity index (χ4n) is 3.15. The van der Waals surface area contributed by atoms with E-state index in [2.05, 4.69) is 4.74 Å². The summed E-state index contributed by atoms with van der Waals surface area (Å²) in [6.07, 6.45) is 0.208.